The lowest BCUT2D eigenvalue weighted by molar-refractivity contribution is -0.147. The maximum absolute atomic E-state index is 11.8. The molecule has 0 aliphatic carbocycles. The normalized spacial score (nSPS) is 17.1. The number of rotatable bonds is 6. The van der Waals surface area contributed by atoms with Gasteiger partial charge in [0.1, 0.15) is 6.61 Å². The molecule has 0 aromatic rings. The predicted octanol–water partition coefficient (Wildman–Crippen LogP) is -1.04. The van der Waals surface area contributed by atoms with Crippen molar-refractivity contribution in [3.05, 3.63) is 0 Å². The van der Waals surface area contributed by atoms with Gasteiger partial charge in [-0.2, -0.15) is 0 Å². The first-order valence-corrected chi connectivity index (χ1v) is 5.84. The monoisotopic (exact) mass is 243 g/mol. The van der Waals surface area contributed by atoms with E-state index in [0.717, 1.165) is 13.1 Å². The molecule has 17 heavy (non-hydrogen) atoms. The Balaban J connectivity index is 2.35. The molecule has 98 valence electrons. The first kappa shape index (κ1) is 13.9. The van der Waals surface area contributed by atoms with Crippen LogP contribution in [0.5, 0.6) is 0 Å². The van der Waals surface area contributed by atoms with Crippen molar-refractivity contribution in [2.75, 3.05) is 39.8 Å². The van der Waals surface area contributed by atoms with Crippen LogP contribution in [-0.4, -0.2) is 62.1 Å². The molecule has 1 aliphatic rings. The highest BCUT2D eigenvalue weighted by Crippen LogP contribution is 2.14. The number of nitrogens with zero attached hydrogens (tertiary/aromatic N) is 1. The fraction of sp³-hybridized carbons (Fsp3) is 0.818. The van der Waals surface area contributed by atoms with Crippen molar-refractivity contribution < 1.29 is 14.3 Å². The summed E-state index contributed by atoms with van der Waals surface area (Å²) in [7, 11) is 1.55. The molecule has 0 saturated carbocycles. The van der Waals surface area contributed by atoms with E-state index in [0.29, 0.717) is 6.54 Å². The van der Waals surface area contributed by atoms with Crippen LogP contribution in [0, 0.1) is 0 Å². The SMILES string of the molecule is CCN(CC(=O)NC)C(=O)COC1(C)CNC1. The van der Waals surface area contributed by atoms with Crippen molar-refractivity contribution in [3.63, 3.8) is 0 Å². The number of ether oxygens (including phenoxy) is 1. The van der Waals surface area contributed by atoms with Gasteiger partial charge in [-0.05, 0) is 13.8 Å². The molecular weight excluding hydrogens is 222 g/mol. The molecule has 0 radical (unpaired) electrons. The standard InChI is InChI=1S/C11H21N3O3/c1-4-14(5-9(15)12-3)10(16)6-17-11(2)7-13-8-11/h13H,4-8H2,1-3H3,(H,12,15). The first-order chi connectivity index (χ1) is 8.00. The molecule has 0 bridgehead atoms. The van der Waals surface area contributed by atoms with Crippen LogP contribution < -0.4 is 10.6 Å². The average Bonchev–Trinajstić information content (AvgIpc) is 2.30. The number of nitrogens with one attached hydrogen (secondary N) is 2. The Hall–Kier alpha value is -1.14. The van der Waals surface area contributed by atoms with Gasteiger partial charge in [0.15, 0.2) is 0 Å². The van der Waals surface area contributed by atoms with Crippen LogP contribution in [0.25, 0.3) is 0 Å². The summed E-state index contributed by atoms with van der Waals surface area (Å²) >= 11 is 0. The Morgan fingerprint density at radius 1 is 1.47 bits per heavy atom. The van der Waals surface area contributed by atoms with Crippen molar-refractivity contribution in [3.8, 4) is 0 Å². The van der Waals surface area contributed by atoms with E-state index < -0.39 is 0 Å². The Kier molecular flexibility index (Phi) is 4.89. The minimum atomic E-state index is -0.234. The third kappa shape index (κ3) is 3.98. The van der Waals surface area contributed by atoms with Crippen LogP contribution in [0.3, 0.4) is 0 Å². The van der Waals surface area contributed by atoms with E-state index in [2.05, 4.69) is 10.6 Å². The molecule has 1 rings (SSSR count). The summed E-state index contributed by atoms with van der Waals surface area (Å²) in [6.07, 6.45) is 0. The fourth-order valence-electron chi connectivity index (χ4n) is 1.54. The molecule has 0 spiro atoms. The Morgan fingerprint density at radius 3 is 2.53 bits per heavy atom. The highest BCUT2D eigenvalue weighted by atomic mass is 16.5. The highest BCUT2D eigenvalue weighted by Gasteiger charge is 2.33. The minimum absolute atomic E-state index is 0.0308. The van der Waals surface area contributed by atoms with Gasteiger partial charge in [0.05, 0.1) is 12.1 Å². The minimum Gasteiger partial charge on any atom is -0.363 e. The van der Waals surface area contributed by atoms with Gasteiger partial charge < -0.3 is 20.3 Å². The lowest BCUT2D eigenvalue weighted by atomic mass is 10.0. The van der Waals surface area contributed by atoms with Crippen LogP contribution >= 0.6 is 0 Å². The van der Waals surface area contributed by atoms with Gasteiger partial charge in [0, 0.05) is 26.7 Å². The van der Waals surface area contributed by atoms with Crippen LogP contribution in [0.15, 0.2) is 0 Å². The number of likely N-dealkylation sites (N-methyl/N-ethyl adjacent to an activating group) is 2. The lowest BCUT2D eigenvalue weighted by Crippen LogP contribution is -2.59. The van der Waals surface area contributed by atoms with Crippen molar-refractivity contribution in [1.82, 2.24) is 15.5 Å². The van der Waals surface area contributed by atoms with Crippen LogP contribution in [0.1, 0.15) is 13.8 Å². The van der Waals surface area contributed by atoms with E-state index in [-0.39, 0.29) is 30.6 Å². The second kappa shape index (κ2) is 5.97. The van der Waals surface area contributed by atoms with Gasteiger partial charge in [-0.1, -0.05) is 0 Å². The summed E-state index contributed by atoms with van der Waals surface area (Å²) < 4.78 is 5.54. The molecule has 6 heteroatoms. The maximum Gasteiger partial charge on any atom is 0.249 e. The summed E-state index contributed by atoms with van der Waals surface area (Å²) in [4.78, 5) is 24.5. The number of hydrogen-bond acceptors (Lipinski definition) is 4. The van der Waals surface area contributed by atoms with Crippen molar-refractivity contribution >= 4 is 11.8 Å². The third-order valence-corrected chi connectivity index (χ3v) is 2.89. The van der Waals surface area contributed by atoms with Crippen molar-refractivity contribution in [2.24, 2.45) is 0 Å². The number of amides is 2. The van der Waals surface area contributed by atoms with E-state index in [9.17, 15) is 9.59 Å². The molecule has 1 heterocycles. The summed E-state index contributed by atoms with van der Waals surface area (Å²) in [5.41, 5.74) is -0.234. The van der Waals surface area contributed by atoms with Gasteiger partial charge in [-0.3, -0.25) is 9.59 Å². The molecule has 0 aromatic heterocycles. The molecule has 0 unspecified atom stereocenters. The summed E-state index contributed by atoms with van der Waals surface area (Å²) in [5.74, 6) is -0.319. The maximum atomic E-state index is 11.8. The molecule has 2 N–H and O–H groups in total. The topological polar surface area (TPSA) is 70.7 Å². The van der Waals surface area contributed by atoms with Gasteiger partial charge in [0.25, 0.3) is 0 Å². The molecule has 0 aromatic carbocycles. The summed E-state index contributed by atoms with van der Waals surface area (Å²) in [6, 6.07) is 0. The zero-order chi connectivity index (χ0) is 12.9. The largest absolute Gasteiger partial charge is 0.363 e. The van der Waals surface area contributed by atoms with Gasteiger partial charge in [-0.25, -0.2) is 0 Å². The molecule has 2 amide bonds. The van der Waals surface area contributed by atoms with Crippen LogP contribution in [0.4, 0.5) is 0 Å². The molecule has 1 aliphatic heterocycles. The molecule has 1 fully saturated rings. The number of carbonyl (C=O) groups excluding carboxylic acids is 2. The van der Waals surface area contributed by atoms with E-state index in [4.69, 9.17) is 4.74 Å². The van der Waals surface area contributed by atoms with Gasteiger partial charge >= 0.3 is 0 Å². The predicted molar refractivity (Wildman–Crippen MR) is 63.5 cm³/mol. The van der Waals surface area contributed by atoms with E-state index >= 15 is 0 Å². The van der Waals surface area contributed by atoms with Crippen LogP contribution in [0.2, 0.25) is 0 Å². The molecular formula is C11H21N3O3. The second-order valence-electron chi connectivity index (χ2n) is 4.42. The second-order valence-corrected chi connectivity index (χ2v) is 4.42. The zero-order valence-electron chi connectivity index (χ0n) is 10.7. The Bertz CT molecular complexity index is 290. The zero-order valence-corrected chi connectivity index (χ0v) is 10.7. The third-order valence-electron chi connectivity index (χ3n) is 2.89. The number of hydrogen-bond donors (Lipinski definition) is 2. The highest BCUT2D eigenvalue weighted by molar-refractivity contribution is 5.85. The first-order valence-electron chi connectivity index (χ1n) is 5.84. The van der Waals surface area contributed by atoms with Crippen molar-refractivity contribution in [2.45, 2.75) is 19.4 Å². The Morgan fingerprint density at radius 2 is 2.12 bits per heavy atom. The van der Waals surface area contributed by atoms with E-state index in [1.54, 1.807) is 7.05 Å². The fourth-order valence-corrected chi connectivity index (χ4v) is 1.54. The quantitative estimate of drug-likeness (QED) is 0.625. The lowest BCUT2D eigenvalue weighted by Gasteiger charge is -2.39. The van der Waals surface area contributed by atoms with Gasteiger partial charge in [0.2, 0.25) is 11.8 Å². The Labute approximate surface area is 102 Å². The van der Waals surface area contributed by atoms with Crippen molar-refractivity contribution in [1.29, 1.82) is 0 Å². The summed E-state index contributed by atoms with van der Waals surface area (Å²) in [6.45, 7) is 5.96. The molecule has 1 saturated heterocycles. The van der Waals surface area contributed by atoms with E-state index in [1.807, 2.05) is 13.8 Å². The average molecular weight is 243 g/mol. The van der Waals surface area contributed by atoms with E-state index in [1.165, 1.54) is 4.90 Å². The number of carbonyl (C=O) groups is 2. The van der Waals surface area contributed by atoms with Gasteiger partial charge in [-0.15, -0.1) is 0 Å². The summed E-state index contributed by atoms with van der Waals surface area (Å²) in [5, 5.41) is 5.59. The molecule has 6 nitrogen and oxygen atoms in total. The molecule has 0 atom stereocenters. The smallest absolute Gasteiger partial charge is 0.249 e. The van der Waals surface area contributed by atoms with Crippen LogP contribution in [-0.2, 0) is 14.3 Å².